The summed E-state index contributed by atoms with van der Waals surface area (Å²) in [5.74, 6) is 1.58. The zero-order chi connectivity index (χ0) is 28.1. The van der Waals surface area contributed by atoms with E-state index in [4.69, 9.17) is 0 Å². The number of nitro groups is 1. The molecule has 5 rings (SSSR count). The Morgan fingerprint density at radius 1 is 0.975 bits per heavy atom. The Morgan fingerprint density at radius 2 is 1.73 bits per heavy atom. The number of piperidine rings is 1. The largest absolute Gasteiger partial charge is 0.573 e. The highest BCUT2D eigenvalue weighted by Crippen LogP contribution is 2.36. The molecule has 1 saturated carbocycles. The van der Waals surface area contributed by atoms with Crippen LogP contribution in [0.1, 0.15) is 44.9 Å². The lowest BCUT2D eigenvalue weighted by molar-refractivity contribution is -0.384. The summed E-state index contributed by atoms with van der Waals surface area (Å²) in [5, 5.41) is 14.7. The van der Waals surface area contributed by atoms with E-state index in [2.05, 4.69) is 19.9 Å². The molecule has 2 aromatic carbocycles. The van der Waals surface area contributed by atoms with Gasteiger partial charge in [0.05, 0.1) is 4.92 Å². The van der Waals surface area contributed by atoms with Crippen LogP contribution < -0.4 is 15.0 Å². The van der Waals surface area contributed by atoms with Gasteiger partial charge in [0.25, 0.3) is 5.69 Å². The molecule has 212 valence electrons. The Labute approximate surface area is 231 Å². The molecule has 3 aromatic rings. The van der Waals surface area contributed by atoms with Crippen LogP contribution in [0, 0.1) is 22.0 Å². The fourth-order valence-corrected chi connectivity index (χ4v) is 6.11. The Hall–Kier alpha value is -3.82. The molecule has 0 radical (unpaired) electrons. The van der Waals surface area contributed by atoms with Gasteiger partial charge in [-0.05, 0) is 91.5 Å². The number of non-ortho nitro benzene ring substituents is 1. The molecule has 2 aliphatic rings. The molecule has 7 nitrogen and oxygen atoms in total. The summed E-state index contributed by atoms with van der Waals surface area (Å²) < 4.78 is 41.5. The van der Waals surface area contributed by atoms with Crippen molar-refractivity contribution in [3.63, 3.8) is 0 Å². The number of aromatic nitrogens is 1. The predicted octanol–water partition coefficient (Wildman–Crippen LogP) is 7.83. The predicted molar refractivity (Wildman–Crippen MR) is 148 cm³/mol. The van der Waals surface area contributed by atoms with Gasteiger partial charge in [0.1, 0.15) is 11.6 Å². The molecule has 40 heavy (non-hydrogen) atoms. The van der Waals surface area contributed by atoms with Crippen molar-refractivity contribution in [2.24, 2.45) is 11.8 Å². The first kappa shape index (κ1) is 27.7. The molecule has 0 spiro atoms. The first-order chi connectivity index (χ1) is 19.2. The maximum Gasteiger partial charge on any atom is 0.573 e. The third-order valence-corrected chi connectivity index (χ3v) is 8.00. The number of nitro benzene ring substituents is 1. The minimum absolute atomic E-state index is 0.110. The molecule has 1 aliphatic carbocycles. The second kappa shape index (κ2) is 12.1. The number of nitrogens with zero attached hydrogens (tertiary/aromatic N) is 3. The maximum absolute atomic E-state index is 12.5. The van der Waals surface area contributed by atoms with E-state index in [0.29, 0.717) is 17.9 Å². The molecule has 2 heterocycles. The van der Waals surface area contributed by atoms with E-state index >= 15 is 0 Å². The Balaban J connectivity index is 1.22. The molecular weight excluding hydrogens is 521 g/mol. The second-order valence-corrected chi connectivity index (χ2v) is 10.8. The molecule has 10 heteroatoms. The van der Waals surface area contributed by atoms with Gasteiger partial charge in [-0.1, -0.05) is 25.0 Å². The highest BCUT2D eigenvalue weighted by molar-refractivity contribution is 5.67. The van der Waals surface area contributed by atoms with Crippen LogP contribution in [0.5, 0.6) is 5.75 Å². The number of halogens is 3. The van der Waals surface area contributed by atoms with E-state index in [9.17, 15) is 23.3 Å². The number of pyridine rings is 1. The summed E-state index contributed by atoms with van der Waals surface area (Å²) in [4.78, 5) is 17.5. The molecular formula is C30H33F3N4O3. The third kappa shape index (κ3) is 7.22. The van der Waals surface area contributed by atoms with E-state index in [1.807, 2.05) is 24.3 Å². The molecule has 1 aromatic heterocycles. The van der Waals surface area contributed by atoms with Gasteiger partial charge in [-0.3, -0.25) is 10.1 Å². The van der Waals surface area contributed by atoms with E-state index < -0.39 is 6.36 Å². The van der Waals surface area contributed by atoms with Gasteiger partial charge < -0.3 is 15.0 Å². The third-order valence-electron chi connectivity index (χ3n) is 8.00. The standard InChI is InChI=1S/C30H33F3N4O3/c31-30(32,33)40-27-13-7-22(8-14-27)23-15-16-34-29(19-23)35-28-6-2-1-5-24(28)18-21-4-3-17-36(20-21)25-9-11-26(12-10-25)37(38)39/h7-16,19,21,24,28H,1-6,17-18,20H2,(H,34,35)/t21-,24+,28-/m1/s1. The number of rotatable bonds is 8. The van der Waals surface area contributed by atoms with Crippen LogP contribution in [0.4, 0.5) is 30.4 Å². The summed E-state index contributed by atoms with van der Waals surface area (Å²) in [6.07, 6.45) is 4.99. The van der Waals surface area contributed by atoms with Gasteiger partial charge in [-0.25, -0.2) is 4.98 Å². The number of hydrogen-bond donors (Lipinski definition) is 1. The lowest BCUT2D eigenvalue weighted by Gasteiger charge is -2.39. The monoisotopic (exact) mass is 554 g/mol. The highest BCUT2D eigenvalue weighted by atomic mass is 19.4. The number of alkyl halides is 3. The average molecular weight is 555 g/mol. The summed E-state index contributed by atoms with van der Waals surface area (Å²) >= 11 is 0. The van der Waals surface area contributed by atoms with Crippen molar-refractivity contribution in [3.8, 4) is 16.9 Å². The van der Waals surface area contributed by atoms with Gasteiger partial charge in [0.15, 0.2) is 0 Å². The Kier molecular flexibility index (Phi) is 8.42. The highest BCUT2D eigenvalue weighted by Gasteiger charge is 2.31. The van der Waals surface area contributed by atoms with E-state index in [0.717, 1.165) is 67.8 Å². The fraction of sp³-hybridized carbons (Fsp3) is 0.433. The number of benzene rings is 2. The van der Waals surface area contributed by atoms with Crippen LogP contribution in [0.3, 0.4) is 0 Å². The topological polar surface area (TPSA) is 80.5 Å². The molecule has 1 aliphatic heterocycles. The normalized spacial score (nSPS) is 21.6. The van der Waals surface area contributed by atoms with Crippen LogP contribution >= 0.6 is 0 Å². The molecule has 1 saturated heterocycles. The lowest BCUT2D eigenvalue weighted by atomic mass is 9.77. The van der Waals surface area contributed by atoms with Gasteiger partial charge >= 0.3 is 6.36 Å². The lowest BCUT2D eigenvalue weighted by Crippen LogP contribution is -2.39. The average Bonchev–Trinajstić information content (AvgIpc) is 2.94. The first-order valence-electron chi connectivity index (χ1n) is 13.8. The molecule has 0 amide bonds. The number of ether oxygens (including phenoxy) is 1. The van der Waals surface area contributed by atoms with Crippen molar-refractivity contribution >= 4 is 17.2 Å². The van der Waals surface area contributed by atoms with E-state index in [-0.39, 0.29) is 16.4 Å². The SMILES string of the molecule is O=[N+]([O-])c1ccc(N2CCC[C@H](C[C@@H]3CCCC[C@H]3Nc3cc(-c4ccc(OC(F)(F)F)cc4)ccn3)C2)cc1. The zero-order valence-electron chi connectivity index (χ0n) is 22.1. The molecule has 2 fully saturated rings. The Morgan fingerprint density at radius 3 is 2.45 bits per heavy atom. The second-order valence-electron chi connectivity index (χ2n) is 10.8. The zero-order valence-corrected chi connectivity index (χ0v) is 22.1. The first-order valence-corrected chi connectivity index (χ1v) is 13.8. The number of anilines is 2. The molecule has 0 unspecified atom stereocenters. The summed E-state index contributed by atoms with van der Waals surface area (Å²) in [6.45, 7) is 1.91. The minimum atomic E-state index is -4.72. The molecule has 0 bridgehead atoms. The van der Waals surface area contributed by atoms with Crippen LogP contribution in [0.15, 0.2) is 66.9 Å². The van der Waals surface area contributed by atoms with Crippen molar-refractivity contribution in [1.82, 2.24) is 4.98 Å². The quantitative estimate of drug-likeness (QED) is 0.226. The van der Waals surface area contributed by atoms with Gasteiger partial charge in [-0.15, -0.1) is 13.2 Å². The maximum atomic E-state index is 12.5. The molecule has 1 N–H and O–H groups in total. The number of hydrogen-bond acceptors (Lipinski definition) is 6. The summed E-state index contributed by atoms with van der Waals surface area (Å²) in [6, 6.07) is 16.8. The fourth-order valence-electron chi connectivity index (χ4n) is 6.11. The van der Waals surface area contributed by atoms with E-state index in [1.54, 1.807) is 30.5 Å². The number of nitrogens with one attached hydrogen (secondary N) is 1. The van der Waals surface area contributed by atoms with Crippen LogP contribution in [0.25, 0.3) is 11.1 Å². The van der Waals surface area contributed by atoms with Crippen molar-refractivity contribution in [2.45, 2.75) is 57.3 Å². The summed E-state index contributed by atoms with van der Waals surface area (Å²) in [5.41, 5.74) is 2.80. The minimum Gasteiger partial charge on any atom is -0.406 e. The van der Waals surface area contributed by atoms with Gasteiger partial charge in [0, 0.05) is 43.1 Å². The van der Waals surface area contributed by atoms with Gasteiger partial charge in [-0.2, -0.15) is 0 Å². The van der Waals surface area contributed by atoms with Gasteiger partial charge in [0.2, 0.25) is 0 Å². The molecule has 3 atom stereocenters. The van der Waals surface area contributed by atoms with Crippen LogP contribution in [-0.2, 0) is 0 Å². The summed E-state index contributed by atoms with van der Waals surface area (Å²) in [7, 11) is 0. The van der Waals surface area contributed by atoms with Crippen molar-refractivity contribution in [1.29, 1.82) is 0 Å². The van der Waals surface area contributed by atoms with Crippen LogP contribution in [-0.4, -0.2) is 35.4 Å². The van der Waals surface area contributed by atoms with Crippen molar-refractivity contribution in [3.05, 3.63) is 77.0 Å². The Bertz CT molecular complexity index is 1280. The van der Waals surface area contributed by atoms with Crippen molar-refractivity contribution < 1.29 is 22.8 Å². The van der Waals surface area contributed by atoms with Crippen LogP contribution in [0.2, 0.25) is 0 Å². The smallest absolute Gasteiger partial charge is 0.406 e. The van der Waals surface area contributed by atoms with E-state index in [1.165, 1.54) is 25.0 Å². The van der Waals surface area contributed by atoms with Crippen molar-refractivity contribution in [2.75, 3.05) is 23.3 Å².